The molecule has 2 atom stereocenters. The van der Waals surface area contributed by atoms with E-state index in [-0.39, 0.29) is 11.9 Å². The quantitative estimate of drug-likeness (QED) is 0.584. The van der Waals surface area contributed by atoms with Crippen LogP contribution in [-0.2, 0) is 12.8 Å². The van der Waals surface area contributed by atoms with E-state index in [1.54, 1.807) is 6.20 Å². The number of aryl methyl sites for hydroxylation is 2. The molecule has 162 valence electrons. The first-order chi connectivity index (χ1) is 15.0. The van der Waals surface area contributed by atoms with Crippen molar-refractivity contribution in [1.29, 1.82) is 0 Å². The zero-order valence-corrected chi connectivity index (χ0v) is 18.8. The number of hydrogen-bond donors (Lipinski definition) is 3. The summed E-state index contributed by atoms with van der Waals surface area (Å²) in [6.45, 7) is 7.25. The van der Waals surface area contributed by atoms with Gasteiger partial charge in [-0.3, -0.25) is 4.79 Å². The Morgan fingerprint density at radius 1 is 1.35 bits per heavy atom. The Labute approximate surface area is 186 Å². The molecule has 3 heterocycles. The Balaban J connectivity index is 1.30. The molecule has 8 heteroatoms. The van der Waals surface area contributed by atoms with Gasteiger partial charge in [0.05, 0.1) is 11.4 Å². The van der Waals surface area contributed by atoms with E-state index in [0.29, 0.717) is 27.0 Å². The lowest BCUT2D eigenvalue weighted by atomic mass is 9.87. The minimum atomic E-state index is -0.125. The number of thiophene rings is 1. The number of nitrogens with two attached hydrogens (primary N) is 1. The fourth-order valence-electron chi connectivity index (χ4n) is 4.66. The van der Waals surface area contributed by atoms with Crippen molar-refractivity contribution in [1.82, 2.24) is 20.6 Å². The Morgan fingerprint density at radius 3 is 3.06 bits per heavy atom. The van der Waals surface area contributed by atoms with Crippen LogP contribution in [0.1, 0.15) is 39.8 Å². The van der Waals surface area contributed by atoms with Crippen molar-refractivity contribution in [2.24, 2.45) is 0 Å². The lowest BCUT2D eigenvalue weighted by molar-refractivity contribution is 0.0938. The standard InChI is InChI=1S/C23H28N6OS/c1-13-11-26-20-19(24)21(31-23(20)27-13)22(30)28-17-5-3-16-10-18(6-4-15(16)9-17)29-8-7-25-12-14(29)2/h4,6,10-11,14,17,25H,3,5,7-9,12,24H2,1-2H3,(H,28,30)/t14-,17-/m1/s1. The molecule has 4 N–H and O–H groups in total. The Kier molecular flexibility index (Phi) is 5.27. The fourth-order valence-corrected chi connectivity index (χ4v) is 5.66. The number of amides is 1. The second-order valence-electron chi connectivity index (χ2n) is 8.62. The van der Waals surface area contributed by atoms with Gasteiger partial charge in [-0.15, -0.1) is 11.3 Å². The van der Waals surface area contributed by atoms with E-state index in [1.165, 1.54) is 28.2 Å². The SMILES string of the molecule is Cc1cnc2c(N)c(C(=O)N[C@@H]3CCc4cc(N5CCNC[C@H]5C)ccc4C3)sc2n1. The summed E-state index contributed by atoms with van der Waals surface area (Å²) in [5.41, 5.74) is 12.1. The number of piperazine rings is 1. The van der Waals surface area contributed by atoms with Crippen molar-refractivity contribution in [2.45, 2.75) is 45.2 Å². The van der Waals surface area contributed by atoms with Crippen molar-refractivity contribution >= 4 is 39.0 Å². The lowest BCUT2D eigenvalue weighted by Crippen LogP contribution is -2.50. The maximum Gasteiger partial charge on any atom is 0.263 e. The molecule has 3 aromatic rings. The van der Waals surface area contributed by atoms with Crippen LogP contribution in [0.4, 0.5) is 11.4 Å². The topological polar surface area (TPSA) is 96.2 Å². The highest BCUT2D eigenvalue weighted by atomic mass is 32.1. The van der Waals surface area contributed by atoms with E-state index in [1.807, 2.05) is 6.92 Å². The number of nitrogens with one attached hydrogen (secondary N) is 2. The Morgan fingerprint density at radius 2 is 2.23 bits per heavy atom. The van der Waals surface area contributed by atoms with Crippen LogP contribution in [0.2, 0.25) is 0 Å². The second-order valence-corrected chi connectivity index (χ2v) is 9.62. The Bertz CT molecular complexity index is 1140. The van der Waals surface area contributed by atoms with Crippen LogP contribution in [0.5, 0.6) is 0 Å². The fraction of sp³-hybridized carbons (Fsp3) is 0.435. The molecule has 5 rings (SSSR count). The number of aromatic nitrogens is 2. The molecule has 1 saturated heterocycles. The minimum absolute atomic E-state index is 0.108. The van der Waals surface area contributed by atoms with Gasteiger partial charge < -0.3 is 21.3 Å². The number of carbonyl (C=O) groups is 1. The van der Waals surface area contributed by atoms with Gasteiger partial charge in [-0.1, -0.05) is 6.07 Å². The van der Waals surface area contributed by atoms with E-state index in [9.17, 15) is 4.79 Å². The number of carbonyl (C=O) groups excluding carboxylic acids is 1. The molecule has 31 heavy (non-hydrogen) atoms. The van der Waals surface area contributed by atoms with Gasteiger partial charge in [0.2, 0.25) is 0 Å². The molecule has 0 saturated carbocycles. The highest BCUT2D eigenvalue weighted by Crippen LogP contribution is 2.32. The summed E-state index contributed by atoms with van der Waals surface area (Å²) in [6, 6.07) is 7.42. The molecule has 1 aromatic carbocycles. The third-order valence-electron chi connectivity index (χ3n) is 6.35. The smallest absolute Gasteiger partial charge is 0.263 e. The largest absolute Gasteiger partial charge is 0.396 e. The van der Waals surface area contributed by atoms with Gasteiger partial charge in [0, 0.05) is 43.6 Å². The van der Waals surface area contributed by atoms with Gasteiger partial charge in [-0.2, -0.15) is 0 Å². The van der Waals surface area contributed by atoms with Gasteiger partial charge >= 0.3 is 0 Å². The van der Waals surface area contributed by atoms with E-state index >= 15 is 0 Å². The first-order valence-electron chi connectivity index (χ1n) is 10.9. The van der Waals surface area contributed by atoms with Crippen LogP contribution in [0.25, 0.3) is 10.3 Å². The van der Waals surface area contributed by atoms with E-state index in [0.717, 1.165) is 44.6 Å². The summed E-state index contributed by atoms with van der Waals surface area (Å²) in [6.07, 6.45) is 4.43. The molecule has 0 bridgehead atoms. The van der Waals surface area contributed by atoms with Gasteiger partial charge in [0.25, 0.3) is 5.91 Å². The normalized spacial score (nSPS) is 21.2. The summed E-state index contributed by atoms with van der Waals surface area (Å²) in [7, 11) is 0. The van der Waals surface area contributed by atoms with Gasteiger partial charge in [0.1, 0.15) is 15.2 Å². The summed E-state index contributed by atoms with van der Waals surface area (Å²) in [5.74, 6) is -0.125. The van der Waals surface area contributed by atoms with Crippen molar-refractivity contribution < 1.29 is 4.79 Å². The van der Waals surface area contributed by atoms with Gasteiger partial charge in [0.15, 0.2) is 0 Å². The van der Waals surface area contributed by atoms with Crippen LogP contribution in [0.15, 0.2) is 24.4 Å². The lowest BCUT2D eigenvalue weighted by Gasteiger charge is -2.37. The molecule has 2 aliphatic rings. The molecule has 0 spiro atoms. The Hall–Kier alpha value is -2.71. The predicted octanol–water partition coefficient (Wildman–Crippen LogP) is 2.67. The molecular weight excluding hydrogens is 408 g/mol. The molecule has 0 unspecified atom stereocenters. The number of nitrogens with zero attached hydrogens (tertiary/aromatic N) is 3. The average molecular weight is 437 g/mol. The number of benzene rings is 1. The molecule has 2 aromatic heterocycles. The van der Waals surface area contributed by atoms with E-state index in [4.69, 9.17) is 5.73 Å². The van der Waals surface area contributed by atoms with Crippen LogP contribution in [0.3, 0.4) is 0 Å². The van der Waals surface area contributed by atoms with Gasteiger partial charge in [-0.05, 0) is 56.4 Å². The molecule has 1 aliphatic carbocycles. The molecular formula is C23H28N6OS. The molecule has 7 nitrogen and oxygen atoms in total. The maximum atomic E-state index is 12.9. The highest BCUT2D eigenvalue weighted by molar-refractivity contribution is 7.21. The number of hydrogen-bond acceptors (Lipinski definition) is 7. The zero-order chi connectivity index (χ0) is 21.5. The zero-order valence-electron chi connectivity index (χ0n) is 17.9. The van der Waals surface area contributed by atoms with Crippen molar-refractivity contribution in [2.75, 3.05) is 30.3 Å². The summed E-state index contributed by atoms with van der Waals surface area (Å²) in [5, 5.41) is 6.65. The molecule has 1 aliphatic heterocycles. The second kappa shape index (κ2) is 8.09. The number of anilines is 2. The number of fused-ring (bicyclic) bond motifs is 2. The highest BCUT2D eigenvalue weighted by Gasteiger charge is 2.25. The average Bonchev–Trinajstić information content (AvgIpc) is 3.09. The van der Waals surface area contributed by atoms with Crippen LogP contribution >= 0.6 is 11.3 Å². The third-order valence-corrected chi connectivity index (χ3v) is 7.44. The molecule has 0 radical (unpaired) electrons. The molecule has 1 amide bonds. The summed E-state index contributed by atoms with van der Waals surface area (Å²) >= 11 is 1.32. The molecule has 1 fully saturated rings. The van der Waals surface area contributed by atoms with E-state index in [2.05, 4.69) is 50.6 Å². The predicted molar refractivity (Wildman–Crippen MR) is 126 cm³/mol. The first-order valence-corrected chi connectivity index (χ1v) is 11.7. The summed E-state index contributed by atoms with van der Waals surface area (Å²) in [4.78, 5) is 25.5. The number of rotatable bonds is 3. The van der Waals surface area contributed by atoms with Gasteiger partial charge in [-0.25, -0.2) is 9.97 Å². The van der Waals surface area contributed by atoms with Crippen molar-refractivity contribution in [3.05, 3.63) is 46.1 Å². The summed E-state index contributed by atoms with van der Waals surface area (Å²) < 4.78 is 0. The first kappa shape index (κ1) is 20.2. The minimum Gasteiger partial charge on any atom is -0.396 e. The third kappa shape index (κ3) is 3.85. The van der Waals surface area contributed by atoms with Crippen molar-refractivity contribution in [3.63, 3.8) is 0 Å². The van der Waals surface area contributed by atoms with Crippen LogP contribution in [-0.4, -0.2) is 47.6 Å². The van der Waals surface area contributed by atoms with E-state index < -0.39 is 0 Å². The van der Waals surface area contributed by atoms with Crippen LogP contribution in [0, 0.1) is 6.92 Å². The monoisotopic (exact) mass is 436 g/mol. The van der Waals surface area contributed by atoms with Crippen molar-refractivity contribution in [3.8, 4) is 0 Å². The number of nitrogen functional groups attached to an aromatic ring is 1. The van der Waals surface area contributed by atoms with Crippen LogP contribution < -0.4 is 21.3 Å². The maximum absolute atomic E-state index is 12.9.